The lowest BCUT2D eigenvalue weighted by Crippen LogP contribution is -2.18. The summed E-state index contributed by atoms with van der Waals surface area (Å²) in [5.41, 5.74) is 8.73. The van der Waals surface area contributed by atoms with E-state index in [1.165, 1.54) is 22.5 Å². The number of amides is 2. The summed E-state index contributed by atoms with van der Waals surface area (Å²) in [7, 11) is 0. The number of hydrogen-bond donors (Lipinski definition) is 2. The van der Waals surface area contributed by atoms with Crippen molar-refractivity contribution in [2.75, 3.05) is 5.32 Å². The van der Waals surface area contributed by atoms with Crippen LogP contribution in [0.2, 0.25) is 5.02 Å². The maximum atomic E-state index is 10.9. The monoisotopic (exact) mass is 278 g/mol. The number of nitrogens with two attached hydrogens (primary N) is 1. The highest BCUT2D eigenvalue weighted by atomic mass is 35.5. The van der Waals surface area contributed by atoms with Crippen molar-refractivity contribution in [2.24, 2.45) is 5.73 Å². The third-order valence-electron chi connectivity index (χ3n) is 3.05. The van der Waals surface area contributed by atoms with Gasteiger partial charge in [-0.25, -0.2) is 4.79 Å². The molecule has 0 bridgehead atoms. The van der Waals surface area contributed by atoms with Crippen LogP contribution in [-0.4, -0.2) is 6.03 Å². The molecule has 3 rings (SSSR count). The second-order valence-corrected chi connectivity index (χ2v) is 5.69. The first-order valence-corrected chi connectivity index (χ1v) is 6.81. The zero-order valence-corrected chi connectivity index (χ0v) is 11.1. The number of carbonyl (C=O) groups excluding carboxylic acids is 1. The van der Waals surface area contributed by atoms with E-state index in [0.717, 1.165) is 33.3 Å². The molecule has 0 saturated carbocycles. The van der Waals surface area contributed by atoms with Crippen LogP contribution in [0.5, 0.6) is 0 Å². The van der Waals surface area contributed by atoms with Gasteiger partial charge in [0.05, 0.1) is 5.00 Å². The van der Waals surface area contributed by atoms with Crippen molar-refractivity contribution >= 4 is 34.0 Å². The second kappa shape index (κ2) is 4.30. The van der Waals surface area contributed by atoms with Gasteiger partial charge in [0.2, 0.25) is 0 Å². The highest BCUT2D eigenvalue weighted by Crippen LogP contribution is 2.44. The number of rotatable bonds is 1. The van der Waals surface area contributed by atoms with Crippen molar-refractivity contribution in [1.29, 1.82) is 0 Å². The summed E-state index contributed by atoms with van der Waals surface area (Å²) in [5.74, 6) is 0. The van der Waals surface area contributed by atoms with Crippen molar-refractivity contribution in [3.05, 3.63) is 40.4 Å². The average Bonchev–Trinajstić information content (AvgIpc) is 2.70. The lowest BCUT2D eigenvalue weighted by atomic mass is 9.91. The SMILES string of the molecule is NC(=O)Nc1cc2c(s1)-c1c(Cl)cccc1CC2. The molecule has 1 aromatic heterocycles. The normalized spacial score (nSPS) is 12.7. The van der Waals surface area contributed by atoms with Crippen LogP contribution in [0.25, 0.3) is 10.4 Å². The van der Waals surface area contributed by atoms with Gasteiger partial charge in [-0.2, -0.15) is 0 Å². The first kappa shape index (κ1) is 11.6. The number of halogens is 1. The molecule has 3 nitrogen and oxygen atoms in total. The van der Waals surface area contributed by atoms with Gasteiger partial charge in [-0.1, -0.05) is 23.7 Å². The molecule has 0 atom stereocenters. The minimum absolute atomic E-state index is 0.534. The number of carbonyl (C=O) groups is 1. The molecule has 1 aromatic carbocycles. The first-order valence-electron chi connectivity index (χ1n) is 5.62. The van der Waals surface area contributed by atoms with Gasteiger partial charge in [-0.15, -0.1) is 11.3 Å². The summed E-state index contributed by atoms with van der Waals surface area (Å²) in [5, 5.41) is 4.17. The van der Waals surface area contributed by atoms with Crippen LogP contribution in [-0.2, 0) is 12.8 Å². The van der Waals surface area contributed by atoms with E-state index in [2.05, 4.69) is 11.4 Å². The molecule has 2 amide bonds. The van der Waals surface area contributed by atoms with Crippen LogP contribution < -0.4 is 11.1 Å². The van der Waals surface area contributed by atoms with E-state index < -0.39 is 6.03 Å². The highest BCUT2D eigenvalue weighted by Gasteiger charge is 2.21. The van der Waals surface area contributed by atoms with E-state index in [9.17, 15) is 4.79 Å². The third kappa shape index (κ3) is 1.87. The number of anilines is 1. The standard InChI is InChI=1S/C13H11ClN2OS/c14-9-3-1-2-7-4-5-8-6-10(16-13(15)17)18-12(8)11(7)9/h1-3,6H,4-5H2,(H3,15,16,17). The van der Waals surface area contributed by atoms with Crippen molar-refractivity contribution in [3.8, 4) is 10.4 Å². The van der Waals surface area contributed by atoms with Gasteiger partial charge >= 0.3 is 6.03 Å². The molecule has 3 N–H and O–H groups in total. The molecule has 1 aliphatic rings. The number of primary amides is 1. The zero-order valence-electron chi connectivity index (χ0n) is 9.50. The van der Waals surface area contributed by atoms with Gasteiger partial charge < -0.3 is 5.73 Å². The van der Waals surface area contributed by atoms with Crippen LogP contribution in [0.1, 0.15) is 11.1 Å². The Balaban J connectivity index is 2.12. The Bertz CT molecular complexity index is 636. The Morgan fingerprint density at radius 1 is 1.33 bits per heavy atom. The van der Waals surface area contributed by atoms with E-state index in [1.807, 2.05) is 18.2 Å². The molecule has 0 unspecified atom stereocenters. The molecule has 0 spiro atoms. The average molecular weight is 279 g/mol. The van der Waals surface area contributed by atoms with Crippen LogP contribution in [0.3, 0.4) is 0 Å². The predicted octanol–water partition coefficient (Wildman–Crippen LogP) is 3.66. The molecule has 0 radical (unpaired) electrons. The Hall–Kier alpha value is -1.52. The van der Waals surface area contributed by atoms with Crippen LogP contribution >= 0.6 is 22.9 Å². The van der Waals surface area contributed by atoms with E-state index in [-0.39, 0.29) is 0 Å². The highest BCUT2D eigenvalue weighted by molar-refractivity contribution is 7.19. The molecular weight excluding hydrogens is 268 g/mol. The van der Waals surface area contributed by atoms with Gasteiger partial charge in [0, 0.05) is 15.5 Å². The lowest BCUT2D eigenvalue weighted by molar-refractivity contribution is 0.259. The summed E-state index contributed by atoms with van der Waals surface area (Å²) in [6, 6.07) is 7.42. The second-order valence-electron chi connectivity index (χ2n) is 4.23. The molecule has 0 fully saturated rings. The van der Waals surface area contributed by atoms with E-state index in [4.69, 9.17) is 17.3 Å². The maximum absolute atomic E-state index is 10.9. The minimum atomic E-state index is -0.534. The Morgan fingerprint density at radius 3 is 2.89 bits per heavy atom. The molecule has 0 aliphatic heterocycles. The smallest absolute Gasteiger partial charge is 0.317 e. The van der Waals surface area contributed by atoms with Crippen LogP contribution in [0, 0.1) is 0 Å². The molecule has 2 aromatic rings. The Kier molecular flexibility index (Phi) is 2.76. The van der Waals surface area contributed by atoms with Crippen LogP contribution in [0.4, 0.5) is 9.80 Å². The van der Waals surface area contributed by atoms with Crippen molar-refractivity contribution in [2.45, 2.75) is 12.8 Å². The lowest BCUT2D eigenvalue weighted by Gasteiger charge is -2.16. The van der Waals surface area contributed by atoms with Crippen molar-refractivity contribution < 1.29 is 4.79 Å². The fourth-order valence-corrected chi connectivity index (χ4v) is 3.86. The van der Waals surface area contributed by atoms with Gasteiger partial charge in [0.1, 0.15) is 0 Å². The fraction of sp³-hybridized carbons (Fsp3) is 0.154. The number of fused-ring (bicyclic) bond motifs is 3. The Morgan fingerprint density at radius 2 is 2.11 bits per heavy atom. The topological polar surface area (TPSA) is 55.1 Å². The van der Waals surface area contributed by atoms with Gasteiger partial charge in [-0.3, -0.25) is 5.32 Å². The van der Waals surface area contributed by atoms with Gasteiger partial charge in [-0.05, 0) is 36.1 Å². The molecule has 1 aliphatic carbocycles. The summed E-state index contributed by atoms with van der Waals surface area (Å²) < 4.78 is 0. The largest absolute Gasteiger partial charge is 0.351 e. The summed E-state index contributed by atoms with van der Waals surface area (Å²) in [4.78, 5) is 12.0. The molecule has 1 heterocycles. The summed E-state index contributed by atoms with van der Waals surface area (Å²) in [6.07, 6.45) is 1.95. The quantitative estimate of drug-likeness (QED) is 0.822. The van der Waals surface area contributed by atoms with Gasteiger partial charge in [0.25, 0.3) is 0 Å². The number of thiophene rings is 1. The van der Waals surface area contributed by atoms with Crippen molar-refractivity contribution in [3.63, 3.8) is 0 Å². The number of nitrogens with one attached hydrogen (secondary N) is 1. The number of aryl methyl sites for hydroxylation is 2. The molecule has 18 heavy (non-hydrogen) atoms. The maximum Gasteiger partial charge on any atom is 0.317 e. The summed E-state index contributed by atoms with van der Waals surface area (Å²) >= 11 is 7.80. The van der Waals surface area contributed by atoms with Crippen LogP contribution in [0.15, 0.2) is 24.3 Å². The predicted molar refractivity (Wildman–Crippen MR) is 75.4 cm³/mol. The number of urea groups is 1. The third-order valence-corrected chi connectivity index (χ3v) is 4.47. The van der Waals surface area contributed by atoms with E-state index in [0.29, 0.717) is 0 Å². The van der Waals surface area contributed by atoms with Crippen molar-refractivity contribution in [1.82, 2.24) is 0 Å². The van der Waals surface area contributed by atoms with E-state index >= 15 is 0 Å². The summed E-state index contributed by atoms with van der Waals surface area (Å²) in [6.45, 7) is 0. The Labute approximate surface area is 114 Å². The molecular formula is C13H11ClN2OS. The number of benzene rings is 1. The molecule has 92 valence electrons. The molecule has 5 heteroatoms. The number of hydrogen-bond acceptors (Lipinski definition) is 2. The van der Waals surface area contributed by atoms with Gasteiger partial charge in [0.15, 0.2) is 0 Å². The zero-order chi connectivity index (χ0) is 12.7. The minimum Gasteiger partial charge on any atom is -0.351 e. The van der Waals surface area contributed by atoms with E-state index in [1.54, 1.807) is 0 Å². The molecule has 0 saturated heterocycles. The fourth-order valence-electron chi connectivity index (χ4n) is 2.31. The first-order chi connectivity index (χ1) is 8.65.